The van der Waals surface area contributed by atoms with Crippen molar-refractivity contribution in [2.45, 2.75) is 38.1 Å². The predicted molar refractivity (Wildman–Crippen MR) is 74.9 cm³/mol. The molecule has 3 nitrogen and oxygen atoms in total. The van der Waals surface area contributed by atoms with E-state index in [1.807, 2.05) is 0 Å². The molecule has 1 atom stereocenters. The number of halogens is 2. The minimum absolute atomic E-state index is 0.0937. The van der Waals surface area contributed by atoms with Crippen molar-refractivity contribution in [2.24, 2.45) is 5.92 Å². The maximum absolute atomic E-state index is 13.8. The third-order valence-electron chi connectivity index (χ3n) is 3.74. The van der Waals surface area contributed by atoms with Crippen molar-refractivity contribution in [1.29, 1.82) is 5.26 Å². The van der Waals surface area contributed by atoms with E-state index in [0.29, 0.717) is 0 Å². The summed E-state index contributed by atoms with van der Waals surface area (Å²) >= 11 is 5.66. The fourth-order valence-electron chi connectivity index (χ4n) is 2.62. The summed E-state index contributed by atoms with van der Waals surface area (Å²) in [4.78, 5) is 12.1. The van der Waals surface area contributed by atoms with Gasteiger partial charge in [-0.15, -0.1) is 0 Å². The quantitative estimate of drug-likeness (QED) is 0.924. The van der Waals surface area contributed by atoms with Gasteiger partial charge in [0.15, 0.2) is 5.82 Å². The molecule has 0 radical (unpaired) electrons. The minimum Gasteiger partial charge on any atom is -0.336 e. The molecule has 0 heterocycles. The van der Waals surface area contributed by atoms with Crippen LogP contribution < -0.4 is 5.32 Å². The first-order chi connectivity index (χ1) is 9.63. The van der Waals surface area contributed by atoms with Crippen molar-refractivity contribution in [3.8, 4) is 6.07 Å². The third-order valence-corrected chi connectivity index (χ3v) is 4.04. The SMILES string of the molecule is N#CC(NC(=O)c1cccc(Cl)c1F)C1CCCCC1. The van der Waals surface area contributed by atoms with Crippen molar-refractivity contribution in [2.75, 3.05) is 0 Å². The second-order valence-corrected chi connectivity index (χ2v) is 5.49. The summed E-state index contributed by atoms with van der Waals surface area (Å²) in [5.41, 5.74) is -0.117. The molecule has 0 aromatic heterocycles. The topological polar surface area (TPSA) is 52.9 Å². The molecule has 1 aliphatic rings. The van der Waals surface area contributed by atoms with Gasteiger partial charge in [0.25, 0.3) is 5.91 Å². The zero-order chi connectivity index (χ0) is 14.5. The van der Waals surface area contributed by atoms with E-state index in [9.17, 15) is 14.4 Å². The summed E-state index contributed by atoms with van der Waals surface area (Å²) in [5, 5.41) is 11.7. The van der Waals surface area contributed by atoms with Gasteiger partial charge in [-0.05, 0) is 30.9 Å². The summed E-state index contributed by atoms with van der Waals surface area (Å²) < 4.78 is 13.8. The Morgan fingerprint density at radius 1 is 1.40 bits per heavy atom. The molecule has 20 heavy (non-hydrogen) atoms. The molecule has 0 saturated heterocycles. The van der Waals surface area contributed by atoms with Crippen molar-refractivity contribution < 1.29 is 9.18 Å². The van der Waals surface area contributed by atoms with Crippen LogP contribution in [0.15, 0.2) is 18.2 Å². The number of nitrogens with zero attached hydrogens (tertiary/aromatic N) is 1. The molecule has 1 aliphatic carbocycles. The summed E-state index contributed by atoms with van der Waals surface area (Å²) in [6.45, 7) is 0. The lowest BCUT2D eigenvalue weighted by molar-refractivity contribution is 0.0925. The number of carbonyl (C=O) groups excluding carboxylic acids is 1. The first-order valence-electron chi connectivity index (χ1n) is 6.78. The molecule has 106 valence electrons. The van der Waals surface area contributed by atoms with Crippen molar-refractivity contribution in [3.05, 3.63) is 34.6 Å². The number of nitrogens with one attached hydrogen (secondary N) is 1. The Morgan fingerprint density at radius 3 is 2.75 bits per heavy atom. The van der Waals surface area contributed by atoms with Gasteiger partial charge in [0.05, 0.1) is 16.7 Å². The minimum atomic E-state index is -0.744. The standard InChI is InChI=1S/C15H16ClFN2O/c16-12-8-4-7-11(14(12)17)15(20)19-13(9-18)10-5-2-1-3-6-10/h4,7-8,10,13H,1-3,5-6H2,(H,19,20). The molecule has 0 spiro atoms. The van der Waals surface area contributed by atoms with E-state index in [1.165, 1.54) is 24.6 Å². The fourth-order valence-corrected chi connectivity index (χ4v) is 2.80. The average molecular weight is 295 g/mol. The van der Waals surface area contributed by atoms with Crippen LogP contribution in [-0.2, 0) is 0 Å². The van der Waals surface area contributed by atoms with Crippen LogP contribution in [0.1, 0.15) is 42.5 Å². The number of benzene rings is 1. The van der Waals surface area contributed by atoms with Crippen LogP contribution in [0.5, 0.6) is 0 Å². The predicted octanol–water partition coefficient (Wildman–Crippen LogP) is 3.68. The monoisotopic (exact) mass is 294 g/mol. The van der Waals surface area contributed by atoms with Crippen molar-refractivity contribution >= 4 is 17.5 Å². The molecule has 1 saturated carbocycles. The van der Waals surface area contributed by atoms with E-state index in [-0.39, 0.29) is 16.5 Å². The largest absolute Gasteiger partial charge is 0.336 e. The number of hydrogen-bond donors (Lipinski definition) is 1. The molecule has 1 unspecified atom stereocenters. The van der Waals surface area contributed by atoms with Crippen LogP contribution >= 0.6 is 11.6 Å². The van der Waals surface area contributed by atoms with E-state index in [4.69, 9.17) is 11.6 Å². The molecule has 1 aromatic rings. The summed E-state index contributed by atoms with van der Waals surface area (Å²) in [6.07, 6.45) is 5.17. The maximum atomic E-state index is 13.8. The van der Waals surface area contributed by atoms with E-state index in [0.717, 1.165) is 25.7 Å². The smallest absolute Gasteiger partial charge is 0.255 e. The van der Waals surface area contributed by atoms with E-state index < -0.39 is 17.8 Å². The first kappa shape index (κ1) is 14.8. The van der Waals surface area contributed by atoms with Crippen LogP contribution in [0.25, 0.3) is 0 Å². The molecule has 0 aliphatic heterocycles. The van der Waals surface area contributed by atoms with Gasteiger partial charge >= 0.3 is 0 Å². The molecule has 1 fully saturated rings. The molecular weight excluding hydrogens is 279 g/mol. The normalized spacial score (nSPS) is 17.2. The lowest BCUT2D eigenvalue weighted by Crippen LogP contribution is -2.40. The molecule has 1 N–H and O–H groups in total. The summed E-state index contributed by atoms with van der Waals surface area (Å²) in [5.74, 6) is -1.17. The molecule has 1 aromatic carbocycles. The van der Waals surface area contributed by atoms with Gasteiger partial charge in [-0.3, -0.25) is 4.79 Å². The van der Waals surface area contributed by atoms with Gasteiger partial charge in [-0.1, -0.05) is 36.9 Å². The highest BCUT2D eigenvalue weighted by molar-refractivity contribution is 6.31. The highest BCUT2D eigenvalue weighted by Gasteiger charge is 2.26. The highest BCUT2D eigenvalue weighted by Crippen LogP contribution is 2.26. The maximum Gasteiger partial charge on any atom is 0.255 e. The zero-order valence-electron chi connectivity index (χ0n) is 11.0. The second kappa shape index (κ2) is 6.71. The van der Waals surface area contributed by atoms with E-state index >= 15 is 0 Å². The molecule has 2 rings (SSSR count). The van der Waals surface area contributed by atoms with Crippen molar-refractivity contribution in [1.82, 2.24) is 5.32 Å². The number of carbonyl (C=O) groups is 1. The highest BCUT2D eigenvalue weighted by atomic mass is 35.5. The van der Waals surface area contributed by atoms with Crippen LogP contribution in [0.4, 0.5) is 4.39 Å². The average Bonchev–Trinajstić information content (AvgIpc) is 2.48. The Balaban J connectivity index is 2.09. The zero-order valence-corrected chi connectivity index (χ0v) is 11.8. The molecular formula is C15H16ClFN2O. The summed E-state index contributed by atoms with van der Waals surface area (Å²) in [6, 6.07) is 5.82. The van der Waals surface area contributed by atoms with Crippen LogP contribution in [-0.4, -0.2) is 11.9 Å². The van der Waals surface area contributed by atoms with Gasteiger partial charge in [0.2, 0.25) is 0 Å². The number of nitriles is 1. The van der Waals surface area contributed by atoms with E-state index in [2.05, 4.69) is 11.4 Å². The number of amides is 1. The second-order valence-electron chi connectivity index (χ2n) is 5.08. The van der Waals surface area contributed by atoms with Crippen LogP contribution in [0, 0.1) is 23.1 Å². The lowest BCUT2D eigenvalue weighted by Gasteiger charge is -2.26. The van der Waals surface area contributed by atoms with Crippen LogP contribution in [0.3, 0.4) is 0 Å². The molecule has 1 amide bonds. The van der Waals surface area contributed by atoms with Gasteiger partial charge in [-0.2, -0.15) is 5.26 Å². The Morgan fingerprint density at radius 2 is 2.10 bits per heavy atom. The Hall–Kier alpha value is -1.60. The first-order valence-corrected chi connectivity index (χ1v) is 7.15. The fraction of sp³-hybridized carbons (Fsp3) is 0.467. The van der Waals surface area contributed by atoms with Gasteiger partial charge < -0.3 is 5.32 Å². The molecule has 0 bridgehead atoms. The third kappa shape index (κ3) is 3.29. The van der Waals surface area contributed by atoms with Crippen molar-refractivity contribution in [3.63, 3.8) is 0 Å². The number of hydrogen-bond acceptors (Lipinski definition) is 2. The van der Waals surface area contributed by atoms with Gasteiger partial charge in [0.1, 0.15) is 6.04 Å². The Kier molecular flexibility index (Phi) is 4.97. The number of rotatable bonds is 3. The van der Waals surface area contributed by atoms with Gasteiger partial charge in [0, 0.05) is 0 Å². The van der Waals surface area contributed by atoms with Crippen LogP contribution in [0.2, 0.25) is 5.02 Å². The summed E-state index contributed by atoms with van der Waals surface area (Å²) in [7, 11) is 0. The molecule has 5 heteroatoms. The lowest BCUT2D eigenvalue weighted by atomic mass is 9.84. The Labute approximate surface area is 122 Å². The van der Waals surface area contributed by atoms with E-state index in [1.54, 1.807) is 0 Å². The Bertz CT molecular complexity index is 535. The van der Waals surface area contributed by atoms with Gasteiger partial charge in [-0.25, -0.2) is 4.39 Å².